The van der Waals surface area contributed by atoms with Gasteiger partial charge in [0.2, 0.25) is 0 Å². The largest absolute Gasteiger partial charge is 0.192 e. The Morgan fingerprint density at radius 3 is 2.47 bits per heavy atom. The molecule has 0 N–H and O–H groups in total. The molecule has 0 amide bonds. The number of rotatable bonds is 3. The maximum atomic E-state index is 8.87. The van der Waals surface area contributed by atoms with Crippen molar-refractivity contribution in [2.75, 3.05) is 0 Å². The summed E-state index contributed by atoms with van der Waals surface area (Å²) in [5.74, 6) is 0.489. The molecule has 15 heavy (non-hydrogen) atoms. The van der Waals surface area contributed by atoms with Gasteiger partial charge in [0.25, 0.3) is 0 Å². The van der Waals surface area contributed by atoms with Crippen LogP contribution in [0.4, 0.5) is 0 Å². The monoisotopic (exact) mass is 313 g/mol. The van der Waals surface area contributed by atoms with E-state index in [-0.39, 0.29) is 0 Å². The van der Waals surface area contributed by atoms with Gasteiger partial charge in [0, 0.05) is 3.92 Å². The lowest BCUT2D eigenvalue weighted by Gasteiger charge is -2.14. The van der Waals surface area contributed by atoms with Gasteiger partial charge in [-0.3, -0.25) is 0 Å². The lowest BCUT2D eigenvalue weighted by atomic mass is 9.93. The number of alkyl halides is 1. The number of benzene rings is 1. The molecule has 1 rings (SSSR count). The van der Waals surface area contributed by atoms with E-state index in [9.17, 15) is 0 Å². The quantitative estimate of drug-likeness (QED) is 0.610. The summed E-state index contributed by atoms with van der Waals surface area (Å²) >= 11 is 2.44. The first kappa shape index (κ1) is 12.5. The highest BCUT2D eigenvalue weighted by atomic mass is 127. The van der Waals surface area contributed by atoms with Crippen LogP contribution in [-0.4, -0.2) is 3.92 Å². The van der Waals surface area contributed by atoms with E-state index in [2.05, 4.69) is 55.5 Å². The van der Waals surface area contributed by atoms with E-state index in [0.717, 1.165) is 12.0 Å². The first-order valence-electron chi connectivity index (χ1n) is 5.21. The highest BCUT2D eigenvalue weighted by Crippen LogP contribution is 2.23. The molecule has 0 radical (unpaired) electrons. The minimum absolute atomic E-state index is 0.489. The van der Waals surface area contributed by atoms with Crippen molar-refractivity contribution >= 4 is 22.6 Å². The van der Waals surface area contributed by atoms with Crippen LogP contribution >= 0.6 is 22.6 Å². The van der Waals surface area contributed by atoms with Crippen molar-refractivity contribution in [3.8, 4) is 6.07 Å². The highest BCUT2D eigenvalue weighted by Gasteiger charge is 2.09. The van der Waals surface area contributed by atoms with Crippen LogP contribution in [0, 0.1) is 11.3 Å². The van der Waals surface area contributed by atoms with Gasteiger partial charge in [-0.1, -0.05) is 49.4 Å². The summed E-state index contributed by atoms with van der Waals surface area (Å²) in [6, 6.07) is 8.24. The van der Waals surface area contributed by atoms with Gasteiger partial charge < -0.3 is 0 Å². The van der Waals surface area contributed by atoms with Crippen molar-refractivity contribution in [2.24, 2.45) is 0 Å². The molecule has 0 fully saturated rings. The molecular formula is C13H16IN. The fourth-order valence-electron chi connectivity index (χ4n) is 1.69. The maximum Gasteiger partial charge on any atom is 0.0991 e. The number of nitrogens with zero attached hydrogens (tertiary/aromatic N) is 1. The topological polar surface area (TPSA) is 23.8 Å². The van der Waals surface area contributed by atoms with Crippen molar-refractivity contribution < 1.29 is 0 Å². The molecule has 0 aliphatic carbocycles. The summed E-state index contributed by atoms with van der Waals surface area (Å²) in [4.78, 5) is 0. The van der Waals surface area contributed by atoms with Gasteiger partial charge in [-0.25, -0.2) is 0 Å². The van der Waals surface area contributed by atoms with Crippen LogP contribution in [0.3, 0.4) is 0 Å². The number of hydrogen-bond acceptors (Lipinski definition) is 1. The zero-order valence-corrected chi connectivity index (χ0v) is 11.6. The second-order valence-electron chi connectivity index (χ2n) is 4.16. The fourth-order valence-corrected chi connectivity index (χ4v) is 2.17. The molecule has 1 nitrogen and oxygen atoms in total. The van der Waals surface area contributed by atoms with E-state index in [1.165, 1.54) is 11.1 Å². The van der Waals surface area contributed by atoms with Crippen molar-refractivity contribution in [3.05, 3.63) is 34.9 Å². The Labute approximate surface area is 106 Å². The SMILES string of the molecule is CC(I)Cc1ccc(C#N)cc1C(C)C. The van der Waals surface area contributed by atoms with Crippen molar-refractivity contribution in [3.63, 3.8) is 0 Å². The maximum absolute atomic E-state index is 8.87. The molecule has 1 aromatic rings. The van der Waals surface area contributed by atoms with Gasteiger partial charge in [-0.05, 0) is 35.6 Å². The van der Waals surface area contributed by atoms with E-state index in [0.29, 0.717) is 9.84 Å². The lowest BCUT2D eigenvalue weighted by molar-refractivity contribution is 0.831. The molecule has 0 heterocycles. The van der Waals surface area contributed by atoms with Crippen LogP contribution < -0.4 is 0 Å². The Kier molecular flexibility index (Phi) is 4.59. The van der Waals surface area contributed by atoms with E-state index < -0.39 is 0 Å². The molecule has 0 bridgehead atoms. The second kappa shape index (κ2) is 5.50. The minimum Gasteiger partial charge on any atom is -0.192 e. The first-order valence-corrected chi connectivity index (χ1v) is 6.46. The molecule has 0 saturated carbocycles. The third kappa shape index (κ3) is 3.49. The van der Waals surface area contributed by atoms with E-state index >= 15 is 0 Å². The van der Waals surface area contributed by atoms with Crippen LogP contribution in [0.25, 0.3) is 0 Å². The number of halogens is 1. The Morgan fingerprint density at radius 2 is 2.00 bits per heavy atom. The van der Waals surface area contributed by atoms with Crippen molar-refractivity contribution in [1.29, 1.82) is 5.26 Å². The van der Waals surface area contributed by atoms with Crippen molar-refractivity contribution in [2.45, 2.75) is 37.0 Å². The molecule has 0 aliphatic rings. The highest BCUT2D eigenvalue weighted by molar-refractivity contribution is 14.1. The van der Waals surface area contributed by atoms with Crippen LogP contribution in [-0.2, 0) is 6.42 Å². The Bertz CT molecular complexity index is 375. The molecule has 2 heteroatoms. The van der Waals surface area contributed by atoms with Crippen LogP contribution in [0.15, 0.2) is 18.2 Å². The summed E-state index contributed by atoms with van der Waals surface area (Å²) in [6.07, 6.45) is 1.08. The van der Waals surface area contributed by atoms with Crippen LogP contribution in [0.5, 0.6) is 0 Å². The smallest absolute Gasteiger partial charge is 0.0991 e. The normalized spacial score (nSPS) is 12.5. The molecule has 1 atom stereocenters. The van der Waals surface area contributed by atoms with Gasteiger partial charge in [-0.2, -0.15) is 5.26 Å². The molecule has 0 aliphatic heterocycles. The Hall–Kier alpha value is -0.560. The molecular weight excluding hydrogens is 297 g/mol. The summed E-state index contributed by atoms with van der Waals surface area (Å²) < 4.78 is 0.632. The number of hydrogen-bond donors (Lipinski definition) is 0. The number of nitriles is 1. The van der Waals surface area contributed by atoms with Gasteiger partial charge in [0.05, 0.1) is 11.6 Å². The zero-order valence-electron chi connectivity index (χ0n) is 9.42. The Balaban J connectivity index is 3.11. The molecule has 80 valence electrons. The molecule has 0 saturated heterocycles. The standard InChI is InChI=1S/C13H16IN/c1-9(2)13-7-11(8-15)4-5-12(13)6-10(3)14/h4-5,7,9-10H,6H2,1-3H3. The fraction of sp³-hybridized carbons (Fsp3) is 0.462. The van der Waals surface area contributed by atoms with Gasteiger partial charge >= 0.3 is 0 Å². The van der Waals surface area contributed by atoms with E-state index in [1.54, 1.807) is 0 Å². The van der Waals surface area contributed by atoms with Crippen LogP contribution in [0.2, 0.25) is 0 Å². The van der Waals surface area contributed by atoms with Gasteiger partial charge in [0.1, 0.15) is 0 Å². The summed E-state index contributed by atoms with van der Waals surface area (Å²) in [5, 5.41) is 8.87. The Morgan fingerprint density at radius 1 is 1.33 bits per heavy atom. The molecule has 0 aromatic heterocycles. The minimum atomic E-state index is 0.489. The predicted octanol–water partition coefficient (Wildman–Crippen LogP) is 4.05. The summed E-state index contributed by atoms with van der Waals surface area (Å²) in [5.41, 5.74) is 3.46. The van der Waals surface area contributed by atoms with Crippen molar-refractivity contribution in [1.82, 2.24) is 0 Å². The third-order valence-electron chi connectivity index (χ3n) is 2.40. The van der Waals surface area contributed by atoms with E-state index in [1.807, 2.05) is 12.1 Å². The third-order valence-corrected chi connectivity index (χ3v) is 2.84. The molecule has 0 spiro atoms. The molecule has 1 unspecified atom stereocenters. The average Bonchev–Trinajstić information content (AvgIpc) is 2.17. The van der Waals surface area contributed by atoms with E-state index in [4.69, 9.17) is 5.26 Å². The average molecular weight is 313 g/mol. The lowest BCUT2D eigenvalue weighted by Crippen LogP contribution is -2.03. The summed E-state index contributed by atoms with van der Waals surface area (Å²) in [7, 11) is 0. The van der Waals surface area contributed by atoms with Gasteiger partial charge in [-0.15, -0.1) is 0 Å². The second-order valence-corrected chi connectivity index (χ2v) is 6.29. The first-order chi connectivity index (χ1) is 7.04. The molecule has 1 aromatic carbocycles. The zero-order chi connectivity index (χ0) is 11.4. The summed E-state index contributed by atoms with van der Waals surface area (Å²) in [6.45, 7) is 6.57. The predicted molar refractivity (Wildman–Crippen MR) is 72.4 cm³/mol. The van der Waals surface area contributed by atoms with Gasteiger partial charge in [0.15, 0.2) is 0 Å². The van der Waals surface area contributed by atoms with Crippen LogP contribution in [0.1, 0.15) is 43.4 Å².